The van der Waals surface area contributed by atoms with Gasteiger partial charge in [0.1, 0.15) is 11.3 Å². The van der Waals surface area contributed by atoms with Crippen molar-refractivity contribution >= 4 is 18.7 Å². The average molecular weight is 407 g/mol. The Bertz CT molecular complexity index is 752. The fourth-order valence-corrected chi connectivity index (χ4v) is 3.49. The number of carbonyl (C=O) groups is 1. The molecule has 1 aromatic heterocycles. The van der Waals surface area contributed by atoms with Gasteiger partial charge in [0.2, 0.25) is 0 Å². The van der Waals surface area contributed by atoms with Gasteiger partial charge in [-0.25, -0.2) is 4.79 Å². The molecule has 0 bridgehead atoms. The second-order valence-electron chi connectivity index (χ2n) is 10.3. The Morgan fingerprint density at radius 2 is 1.79 bits per heavy atom. The van der Waals surface area contributed by atoms with Crippen molar-refractivity contribution in [3.05, 3.63) is 12.4 Å². The number of ether oxygens (including phenoxy) is 2. The zero-order valence-electron chi connectivity index (χ0n) is 19.1. The van der Waals surface area contributed by atoms with Crippen LogP contribution < -0.4 is 5.46 Å². The van der Waals surface area contributed by atoms with Gasteiger partial charge >= 0.3 is 13.2 Å². The van der Waals surface area contributed by atoms with Crippen molar-refractivity contribution in [2.24, 2.45) is 0 Å². The van der Waals surface area contributed by atoms with Gasteiger partial charge in [-0.1, -0.05) is 0 Å². The van der Waals surface area contributed by atoms with Gasteiger partial charge in [0.25, 0.3) is 0 Å². The molecule has 8 nitrogen and oxygen atoms in total. The van der Waals surface area contributed by atoms with Crippen molar-refractivity contribution in [3.8, 4) is 0 Å². The normalized spacial score (nSPS) is 25.5. The van der Waals surface area contributed by atoms with E-state index < -0.39 is 29.6 Å². The molecule has 0 spiro atoms. The zero-order chi connectivity index (χ0) is 21.8. The molecular weight excluding hydrogens is 373 g/mol. The van der Waals surface area contributed by atoms with Gasteiger partial charge in [0, 0.05) is 17.9 Å². The predicted molar refractivity (Wildman–Crippen MR) is 110 cm³/mol. The Balaban J connectivity index is 1.72. The van der Waals surface area contributed by atoms with Crippen LogP contribution in [0.3, 0.4) is 0 Å². The molecule has 0 N–H and O–H groups in total. The Morgan fingerprint density at radius 1 is 1.21 bits per heavy atom. The first-order chi connectivity index (χ1) is 13.1. The van der Waals surface area contributed by atoms with E-state index in [4.69, 9.17) is 18.8 Å². The maximum atomic E-state index is 12.8. The summed E-state index contributed by atoms with van der Waals surface area (Å²) >= 11 is 0. The van der Waals surface area contributed by atoms with E-state index in [2.05, 4.69) is 5.10 Å². The molecule has 0 saturated carbocycles. The van der Waals surface area contributed by atoms with Crippen LogP contribution in [-0.2, 0) is 25.3 Å². The molecule has 2 aliphatic heterocycles. The number of hydrogen-bond donors (Lipinski definition) is 0. The lowest BCUT2D eigenvalue weighted by atomic mass is 9.82. The summed E-state index contributed by atoms with van der Waals surface area (Å²) in [6.07, 6.45) is 3.27. The molecule has 1 aromatic rings. The van der Waals surface area contributed by atoms with Crippen molar-refractivity contribution in [2.45, 2.75) is 97.4 Å². The molecule has 3 rings (SSSR count). The van der Waals surface area contributed by atoms with Crippen LogP contribution in [0.15, 0.2) is 12.4 Å². The van der Waals surface area contributed by atoms with Crippen molar-refractivity contribution in [1.29, 1.82) is 0 Å². The smallest absolute Gasteiger partial charge is 0.444 e. The molecule has 1 amide bonds. The molecule has 162 valence electrons. The fraction of sp³-hybridized carbons (Fsp3) is 0.800. The van der Waals surface area contributed by atoms with Crippen LogP contribution in [0, 0.1) is 0 Å². The molecule has 0 aliphatic carbocycles. The van der Waals surface area contributed by atoms with Crippen LogP contribution in [0.25, 0.3) is 0 Å². The van der Waals surface area contributed by atoms with E-state index in [1.54, 1.807) is 15.8 Å². The lowest BCUT2D eigenvalue weighted by Gasteiger charge is -2.35. The minimum absolute atomic E-state index is 0.189. The first-order valence-corrected chi connectivity index (χ1v) is 10.2. The second kappa shape index (κ2) is 6.99. The molecule has 1 atom stereocenters. The van der Waals surface area contributed by atoms with Crippen LogP contribution in [-0.4, -0.2) is 63.1 Å². The van der Waals surface area contributed by atoms with Crippen LogP contribution in [0.5, 0.6) is 0 Å². The van der Waals surface area contributed by atoms with Gasteiger partial charge in [-0.15, -0.1) is 0 Å². The van der Waals surface area contributed by atoms with Gasteiger partial charge in [-0.2, -0.15) is 5.10 Å². The lowest BCUT2D eigenvalue weighted by molar-refractivity contribution is -0.0630. The molecule has 0 aromatic carbocycles. The van der Waals surface area contributed by atoms with Crippen molar-refractivity contribution in [3.63, 3.8) is 0 Å². The van der Waals surface area contributed by atoms with E-state index in [0.717, 1.165) is 5.46 Å². The van der Waals surface area contributed by atoms with E-state index in [1.807, 2.05) is 68.5 Å². The van der Waals surface area contributed by atoms with Crippen LogP contribution in [0.4, 0.5) is 4.79 Å². The monoisotopic (exact) mass is 407 g/mol. The van der Waals surface area contributed by atoms with Gasteiger partial charge in [0.15, 0.2) is 0 Å². The van der Waals surface area contributed by atoms with E-state index >= 15 is 0 Å². The molecule has 9 heteroatoms. The zero-order valence-corrected chi connectivity index (χ0v) is 19.1. The Hall–Kier alpha value is -1.58. The summed E-state index contributed by atoms with van der Waals surface area (Å²) < 4.78 is 25.5. The molecule has 2 fully saturated rings. The number of amides is 1. The summed E-state index contributed by atoms with van der Waals surface area (Å²) in [5, 5.41) is 4.46. The molecule has 0 unspecified atom stereocenters. The third kappa shape index (κ3) is 4.46. The highest BCUT2D eigenvalue weighted by Gasteiger charge is 2.52. The fourth-order valence-electron chi connectivity index (χ4n) is 3.49. The largest absolute Gasteiger partial charge is 0.498 e. The van der Waals surface area contributed by atoms with Crippen LogP contribution >= 0.6 is 0 Å². The third-order valence-corrected chi connectivity index (χ3v) is 5.74. The molecular formula is C20H34BN3O5. The standard InChI is InChI=1S/C20H34BN3O5/c1-17(2,3)27-16(25)24-15(13-26-20(24,8)9)12-23-11-14(10-22-23)21-28-18(4,5)19(6,7)29-21/h10-11,15H,12-13H2,1-9H3/t15-/m0/s1. The molecule has 2 aliphatic rings. The predicted octanol–water partition coefficient (Wildman–Crippen LogP) is 2.55. The highest BCUT2D eigenvalue weighted by atomic mass is 16.7. The number of nitrogens with zero attached hydrogens (tertiary/aromatic N) is 3. The summed E-state index contributed by atoms with van der Waals surface area (Å²) in [5.74, 6) is 0. The van der Waals surface area contributed by atoms with Gasteiger partial charge in [-0.05, 0) is 62.3 Å². The van der Waals surface area contributed by atoms with E-state index in [0.29, 0.717) is 13.2 Å². The van der Waals surface area contributed by atoms with Gasteiger partial charge in [-0.3, -0.25) is 9.58 Å². The topological polar surface area (TPSA) is 75.1 Å². The first-order valence-electron chi connectivity index (χ1n) is 10.2. The molecule has 3 heterocycles. The quantitative estimate of drug-likeness (QED) is 0.717. The lowest BCUT2D eigenvalue weighted by Crippen LogP contribution is -2.51. The number of carbonyl (C=O) groups excluding carboxylic acids is 1. The summed E-state index contributed by atoms with van der Waals surface area (Å²) in [5.41, 5.74) is -1.27. The van der Waals surface area contributed by atoms with Crippen molar-refractivity contribution in [2.75, 3.05) is 6.61 Å². The second-order valence-corrected chi connectivity index (χ2v) is 10.3. The highest BCUT2D eigenvalue weighted by Crippen LogP contribution is 2.36. The van der Waals surface area contributed by atoms with Crippen molar-refractivity contribution < 1.29 is 23.6 Å². The number of hydrogen-bond acceptors (Lipinski definition) is 6. The Labute approximate surface area is 173 Å². The molecule has 2 saturated heterocycles. The van der Waals surface area contributed by atoms with E-state index in [-0.39, 0.29) is 12.1 Å². The summed E-state index contributed by atoms with van der Waals surface area (Å²) in [6.45, 7) is 18.3. The SMILES string of the molecule is CC(C)(C)OC(=O)N1[C@@H](Cn2cc(B3OC(C)(C)C(C)(C)O3)cn2)COC1(C)C. The maximum absolute atomic E-state index is 12.8. The van der Waals surface area contributed by atoms with Crippen molar-refractivity contribution in [1.82, 2.24) is 14.7 Å². The van der Waals surface area contributed by atoms with Gasteiger partial charge < -0.3 is 18.8 Å². The van der Waals surface area contributed by atoms with Crippen LogP contribution in [0.1, 0.15) is 62.3 Å². The number of rotatable bonds is 3. The molecule has 29 heavy (non-hydrogen) atoms. The van der Waals surface area contributed by atoms with Crippen LogP contribution in [0.2, 0.25) is 0 Å². The van der Waals surface area contributed by atoms with E-state index in [9.17, 15) is 4.79 Å². The Morgan fingerprint density at radius 3 is 2.34 bits per heavy atom. The van der Waals surface area contributed by atoms with Gasteiger partial charge in [0.05, 0.1) is 30.4 Å². The maximum Gasteiger partial charge on any atom is 0.498 e. The molecule has 0 radical (unpaired) electrons. The minimum atomic E-state index is -0.741. The van der Waals surface area contributed by atoms with E-state index in [1.165, 1.54) is 0 Å². The summed E-state index contributed by atoms with van der Waals surface area (Å²) in [6, 6.07) is -0.189. The summed E-state index contributed by atoms with van der Waals surface area (Å²) in [4.78, 5) is 14.4. The minimum Gasteiger partial charge on any atom is -0.444 e. The number of aromatic nitrogens is 2. The first kappa shape index (κ1) is 22.1. The Kier molecular flexibility index (Phi) is 5.33. The summed E-state index contributed by atoms with van der Waals surface area (Å²) in [7, 11) is -0.466. The average Bonchev–Trinajstić information content (AvgIpc) is 3.14. The third-order valence-electron chi connectivity index (χ3n) is 5.74. The highest BCUT2D eigenvalue weighted by molar-refractivity contribution is 6.61.